The van der Waals surface area contributed by atoms with Crippen molar-refractivity contribution in [1.82, 2.24) is 9.55 Å². The van der Waals surface area contributed by atoms with Crippen molar-refractivity contribution in [1.29, 1.82) is 0 Å². The molecule has 6 nitrogen and oxygen atoms in total. The highest BCUT2D eigenvalue weighted by Gasteiger charge is 2.08. The monoisotopic (exact) mass is 241 g/mol. The highest BCUT2D eigenvalue weighted by molar-refractivity contribution is 5.36. The average molecular weight is 241 g/mol. The van der Waals surface area contributed by atoms with Gasteiger partial charge in [0.2, 0.25) is 0 Å². The molecule has 17 heavy (non-hydrogen) atoms. The largest absolute Gasteiger partial charge is 0.395 e. The van der Waals surface area contributed by atoms with E-state index >= 15 is 0 Å². The van der Waals surface area contributed by atoms with Gasteiger partial charge in [0.1, 0.15) is 5.82 Å². The maximum absolute atomic E-state index is 11.5. The fourth-order valence-electron chi connectivity index (χ4n) is 1.54. The maximum atomic E-state index is 11.5. The lowest BCUT2D eigenvalue weighted by Gasteiger charge is -2.22. The summed E-state index contributed by atoms with van der Waals surface area (Å²) in [4.78, 5) is 27.4. The number of hydrogen-bond acceptors (Lipinski definition) is 4. The number of aliphatic hydroxyl groups excluding tert-OH is 1. The van der Waals surface area contributed by atoms with E-state index in [4.69, 9.17) is 5.11 Å². The molecule has 1 aromatic heterocycles. The number of anilines is 1. The zero-order valence-corrected chi connectivity index (χ0v) is 10.3. The fourth-order valence-corrected chi connectivity index (χ4v) is 1.54. The van der Waals surface area contributed by atoms with Crippen LogP contribution >= 0.6 is 0 Å². The van der Waals surface area contributed by atoms with E-state index < -0.39 is 5.69 Å². The van der Waals surface area contributed by atoms with Crippen LogP contribution in [0.25, 0.3) is 0 Å². The maximum Gasteiger partial charge on any atom is 0.329 e. The minimum atomic E-state index is -0.438. The summed E-state index contributed by atoms with van der Waals surface area (Å²) in [6, 6.07) is 1.38. The van der Waals surface area contributed by atoms with Crippen molar-refractivity contribution in [2.75, 3.05) is 24.6 Å². The first-order chi connectivity index (χ1) is 8.10. The Hall–Kier alpha value is -1.56. The molecule has 0 amide bonds. The summed E-state index contributed by atoms with van der Waals surface area (Å²) in [5.74, 6) is 0.473. The molecular weight excluding hydrogens is 222 g/mol. The van der Waals surface area contributed by atoms with Gasteiger partial charge in [0, 0.05) is 26.2 Å². The summed E-state index contributed by atoms with van der Waals surface area (Å²) in [5.41, 5.74) is -0.782. The van der Waals surface area contributed by atoms with Crippen molar-refractivity contribution >= 4 is 5.82 Å². The van der Waals surface area contributed by atoms with Crippen LogP contribution in [0.4, 0.5) is 5.82 Å². The number of aromatic nitrogens is 2. The Bertz CT molecular complexity index is 433. The Balaban J connectivity index is 3.01. The summed E-state index contributed by atoms with van der Waals surface area (Å²) >= 11 is 0. The summed E-state index contributed by atoms with van der Waals surface area (Å²) in [6.45, 7) is 3.16. The summed E-state index contributed by atoms with van der Waals surface area (Å²) < 4.78 is 1.01. The van der Waals surface area contributed by atoms with E-state index in [0.29, 0.717) is 18.9 Å². The molecule has 96 valence electrons. The molecular formula is C11H19N3O3. The van der Waals surface area contributed by atoms with Gasteiger partial charge in [0.15, 0.2) is 0 Å². The summed E-state index contributed by atoms with van der Waals surface area (Å²) in [5, 5.41) is 8.97. The Morgan fingerprint density at radius 2 is 2.12 bits per heavy atom. The second-order valence-electron chi connectivity index (χ2n) is 3.92. The minimum Gasteiger partial charge on any atom is -0.395 e. The van der Waals surface area contributed by atoms with Crippen LogP contribution in [0.5, 0.6) is 0 Å². The van der Waals surface area contributed by atoms with Crippen molar-refractivity contribution < 1.29 is 5.11 Å². The Morgan fingerprint density at radius 3 is 2.65 bits per heavy atom. The number of unbranched alkanes of at least 4 members (excludes halogenated alkanes) is 1. The third-order valence-corrected chi connectivity index (χ3v) is 2.62. The van der Waals surface area contributed by atoms with Gasteiger partial charge in [-0.1, -0.05) is 13.3 Å². The van der Waals surface area contributed by atoms with Gasteiger partial charge in [0.05, 0.1) is 6.61 Å². The van der Waals surface area contributed by atoms with Crippen molar-refractivity contribution in [3.05, 3.63) is 26.9 Å². The molecule has 6 heteroatoms. The third-order valence-electron chi connectivity index (χ3n) is 2.62. The normalized spacial score (nSPS) is 10.5. The molecule has 0 aliphatic rings. The van der Waals surface area contributed by atoms with Crippen molar-refractivity contribution in [3.63, 3.8) is 0 Å². The molecule has 0 aliphatic heterocycles. The van der Waals surface area contributed by atoms with E-state index in [1.165, 1.54) is 13.1 Å². The molecule has 0 spiro atoms. The summed E-state index contributed by atoms with van der Waals surface area (Å²) in [6.07, 6.45) is 1.95. The first-order valence-electron chi connectivity index (χ1n) is 5.76. The second-order valence-corrected chi connectivity index (χ2v) is 3.92. The Morgan fingerprint density at radius 1 is 1.41 bits per heavy atom. The zero-order valence-electron chi connectivity index (χ0n) is 10.3. The highest BCUT2D eigenvalue weighted by Crippen LogP contribution is 2.06. The SMILES string of the molecule is CCCCN(CCO)c1cc(=O)n(C)c(=O)[nH]1. The Labute approximate surface area is 99.5 Å². The summed E-state index contributed by atoms with van der Waals surface area (Å²) in [7, 11) is 1.42. The van der Waals surface area contributed by atoms with Gasteiger partial charge in [-0.15, -0.1) is 0 Å². The van der Waals surface area contributed by atoms with Crippen LogP contribution in [0, 0.1) is 0 Å². The molecule has 0 aromatic carbocycles. The van der Waals surface area contributed by atoms with E-state index in [1.54, 1.807) is 0 Å². The van der Waals surface area contributed by atoms with Gasteiger partial charge in [-0.2, -0.15) is 0 Å². The average Bonchev–Trinajstić information content (AvgIpc) is 2.31. The van der Waals surface area contributed by atoms with E-state index in [2.05, 4.69) is 11.9 Å². The van der Waals surface area contributed by atoms with Crippen molar-refractivity contribution in [2.24, 2.45) is 7.05 Å². The number of nitrogens with one attached hydrogen (secondary N) is 1. The topological polar surface area (TPSA) is 78.3 Å². The number of H-pyrrole nitrogens is 1. The van der Waals surface area contributed by atoms with Gasteiger partial charge in [-0.3, -0.25) is 14.3 Å². The van der Waals surface area contributed by atoms with Crippen molar-refractivity contribution in [3.8, 4) is 0 Å². The third kappa shape index (κ3) is 3.45. The quantitative estimate of drug-likeness (QED) is 0.715. The predicted molar refractivity (Wildman–Crippen MR) is 66.5 cm³/mol. The van der Waals surface area contributed by atoms with E-state index in [1.807, 2.05) is 4.90 Å². The number of aromatic amines is 1. The minimum absolute atomic E-state index is 0.0129. The van der Waals surface area contributed by atoms with Crippen LogP contribution in [0.3, 0.4) is 0 Å². The molecule has 0 fully saturated rings. The molecule has 1 heterocycles. The first kappa shape index (κ1) is 13.5. The van der Waals surface area contributed by atoms with Crippen molar-refractivity contribution in [2.45, 2.75) is 19.8 Å². The van der Waals surface area contributed by atoms with E-state index in [-0.39, 0.29) is 12.2 Å². The van der Waals surface area contributed by atoms with Crippen LogP contribution in [0.15, 0.2) is 15.7 Å². The molecule has 2 N–H and O–H groups in total. The molecule has 0 unspecified atom stereocenters. The lowest BCUT2D eigenvalue weighted by molar-refractivity contribution is 0.301. The molecule has 0 atom stereocenters. The number of hydrogen-bond donors (Lipinski definition) is 2. The molecule has 0 bridgehead atoms. The van der Waals surface area contributed by atoms with Crippen LogP contribution in [-0.2, 0) is 7.05 Å². The Kier molecular flexibility index (Phi) is 4.96. The predicted octanol–water partition coefficient (Wildman–Crippen LogP) is -0.328. The van der Waals surface area contributed by atoms with Gasteiger partial charge >= 0.3 is 5.69 Å². The highest BCUT2D eigenvalue weighted by atomic mass is 16.3. The van der Waals surface area contributed by atoms with E-state index in [0.717, 1.165) is 17.4 Å². The van der Waals surface area contributed by atoms with Crippen LogP contribution < -0.4 is 16.1 Å². The number of aliphatic hydroxyl groups is 1. The second kappa shape index (κ2) is 6.24. The van der Waals surface area contributed by atoms with Crippen LogP contribution in [-0.4, -0.2) is 34.4 Å². The van der Waals surface area contributed by atoms with Gasteiger partial charge in [-0.25, -0.2) is 4.79 Å². The zero-order chi connectivity index (χ0) is 12.8. The fraction of sp³-hybridized carbons (Fsp3) is 0.636. The van der Waals surface area contributed by atoms with E-state index in [9.17, 15) is 9.59 Å². The molecule has 0 aliphatic carbocycles. The van der Waals surface area contributed by atoms with Gasteiger partial charge in [0.25, 0.3) is 5.56 Å². The molecule has 1 aromatic rings. The van der Waals surface area contributed by atoms with Crippen LogP contribution in [0.1, 0.15) is 19.8 Å². The lowest BCUT2D eigenvalue weighted by atomic mass is 10.3. The molecule has 1 rings (SSSR count). The molecule has 0 saturated carbocycles. The standard InChI is InChI=1S/C11H19N3O3/c1-3-4-5-14(6-7-15)9-8-10(16)13(2)11(17)12-9/h8,15H,3-7H2,1-2H3,(H,12,17). The smallest absolute Gasteiger partial charge is 0.329 e. The lowest BCUT2D eigenvalue weighted by Crippen LogP contribution is -2.37. The number of nitrogens with zero attached hydrogens (tertiary/aromatic N) is 2. The first-order valence-corrected chi connectivity index (χ1v) is 5.76. The van der Waals surface area contributed by atoms with Crippen LogP contribution in [0.2, 0.25) is 0 Å². The van der Waals surface area contributed by atoms with Gasteiger partial charge < -0.3 is 10.0 Å². The molecule has 0 saturated heterocycles. The molecule has 0 radical (unpaired) electrons. The van der Waals surface area contributed by atoms with Gasteiger partial charge in [-0.05, 0) is 6.42 Å². The number of rotatable bonds is 6.